The van der Waals surface area contributed by atoms with Crippen LogP contribution in [0.3, 0.4) is 0 Å². The standard InChI is InChI=1S/C31H31N3/c1-6-24(18-17-23(2)31(3,4)5)29-32-33-30(34(29)28-15-11-8-12-16-28)27-21-19-26(20-22-27)25-13-9-7-10-14-25/h6-22H,1H2,2-5H3/b23-17+,24-18+. The van der Waals surface area contributed by atoms with Crippen LogP contribution in [0.25, 0.3) is 33.8 Å². The van der Waals surface area contributed by atoms with Crippen molar-refractivity contribution < 1.29 is 0 Å². The summed E-state index contributed by atoms with van der Waals surface area (Å²) in [7, 11) is 0. The van der Waals surface area contributed by atoms with Gasteiger partial charge in [0, 0.05) is 16.8 Å². The zero-order chi connectivity index (χ0) is 24.1. The Bertz CT molecular complexity index is 1320. The molecular formula is C31H31N3. The lowest BCUT2D eigenvalue weighted by Gasteiger charge is -2.19. The topological polar surface area (TPSA) is 30.7 Å². The maximum atomic E-state index is 4.61. The molecule has 0 spiro atoms. The molecule has 3 nitrogen and oxygen atoms in total. The highest BCUT2D eigenvalue weighted by atomic mass is 15.3. The largest absolute Gasteiger partial charge is 0.275 e. The summed E-state index contributed by atoms with van der Waals surface area (Å²) in [6.45, 7) is 12.8. The molecule has 3 aromatic carbocycles. The van der Waals surface area contributed by atoms with E-state index < -0.39 is 0 Å². The normalized spacial score (nSPS) is 12.6. The minimum atomic E-state index is 0.0988. The number of nitrogens with zero attached hydrogens (tertiary/aromatic N) is 3. The van der Waals surface area contributed by atoms with E-state index >= 15 is 0 Å². The molecule has 4 rings (SSSR count). The van der Waals surface area contributed by atoms with Crippen LogP contribution >= 0.6 is 0 Å². The minimum Gasteiger partial charge on any atom is -0.275 e. The van der Waals surface area contributed by atoms with Crippen LogP contribution in [-0.2, 0) is 0 Å². The predicted octanol–water partition coefficient (Wildman–Crippen LogP) is 8.16. The molecule has 0 bridgehead atoms. The number of para-hydroxylation sites is 1. The highest BCUT2D eigenvalue weighted by Crippen LogP contribution is 2.30. The molecular weight excluding hydrogens is 414 g/mol. The number of hydrogen-bond donors (Lipinski definition) is 0. The molecule has 0 fully saturated rings. The quantitative estimate of drug-likeness (QED) is 0.280. The fourth-order valence-electron chi connectivity index (χ4n) is 3.62. The van der Waals surface area contributed by atoms with Gasteiger partial charge in [-0.1, -0.05) is 124 Å². The third kappa shape index (κ3) is 4.99. The van der Waals surface area contributed by atoms with Crippen LogP contribution in [0.15, 0.2) is 115 Å². The van der Waals surface area contributed by atoms with Gasteiger partial charge in [0.05, 0.1) is 0 Å². The summed E-state index contributed by atoms with van der Waals surface area (Å²) in [6, 6.07) is 29.1. The van der Waals surface area contributed by atoms with E-state index in [2.05, 4.69) is 122 Å². The Morgan fingerprint density at radius 1 is 0.735 bits per heavy atom. The maximum absolute atomic E-state index is 4.61. The molecule has 0 N–H and O–H groups in total. The molecule has 0 aliphatic rings. The van der Waals surface area contributed by atoms with Gasteiger partial charge in [-0.15, -0.1) is 10.2 Å². The summed E-state index contributed by atoms with van der Waals surface area (Å²) in [6.07, 6.45) is 6.08. The number of aromatic nitrogens is 3. The van der Waals surface area contributed by atoms with Gasteiger partial charge in [0.15, 0.2) is 11.6 Å². The molecule has 3 heteroatoms. The van der Waals surface area contributed by atoms with Gasteiger partial charge in [-0.05, 0) is 35.6 Å². The Morgan fingerprint density at radius 2 is 1.29 bits per heavy atom. The lowest BCUT2D eigenvalue weighted by molar-refractivity contribution is 0.504. The van der Waals surface area contributed by atoms with Crippen LogP contribution in [0.4, 0.5) is 0 Å². The molecule has 34 heavy (non-hydrogen) atoms. The van der Waals surface area contributed by atoms with Crippen molar-refractivity contribution in [1.29, 1.82) is 0 Å². The van der Waals surface area contributed by atoms with Gasteiger partial charge in [-0.3, -0.25) is 4.57 Å². The first-order chi connectivity index (χ1) is 16.4. The predicted molar refractivity (Wildman–Crippen MR) is 144 cm³/mol. The molecule has 0 unspecified atom stereocenters. The molecule has 1 aromatic heterocycles. The smallest absolute Gasteiger partial charge is 0.168 e. The van der Waals surface area contributed by atoms with Crippen molar-refractivity contribution in [2.75, 3.05) is 0 Å². The van der Waals surface area contributed by atoms with E-state index in [1.807, 2.05) is 30.3 Å². The molecule has 170 valence electrons. The van der Waals surface area contributed by atoms with Crippen LogP contribution in [0, 0.1) is 5.41 Å². The number of benzene rings is 3. The summed E-state index contributed by atoms with van der Waals surface area (Å²) >= 11 is 0. The number of rotatable bonds is 6. The van der Waals surface area contributed by atoms with Crippen LogP contribution in [0.2, 0.25) is 0 Å². The number of allylic oxidation sites excluding steroid dienone is 5. The summed E-state index contributed by atoms with van der Waals surface area (Å²) in [4.78, 5) is 0. The zero-order valence-corrected chi connectivity index (χ0v) is 20.4. The van der Waals surface area contributed by atoms with E-state index in [9.17, 15) is 0 Å². The highest BCUT2D eigenvalue weighted by molar-refractivity contribution is 5.75. The van der Waals surface area contributed by atoms with Crippen LogP contribution in [0.1, 0.15) is 33.5 Å². The lowest BCUT2D eigenvalue weighted by atomic mass is 9.87. The van der Waals surface area contributed by atoms with E-state index in [-0.39, 0.29) is 5.41 Å². The third-order valence-electron chi connectivity index (χ3n) is 6.10. The first kappa shape index (κ1) is 23.2. The van der Waals surface area contributed by atoms with E-state index in [0.717, 1.165) is 28.5 Å². The van der Waals surface area contributed by atoms with Gasteiger partial charge in [-0.2, -0.15) is 0 Å². The minimum absolute atomic E-state index is 0.0988. The fourth-order valence-corrected chi connectivity index (χ4v) is 3.62. The molecule has 0 saturated carbocycles. The van der Waals surface area contributed by atoms with Gasteiger partial charge in [0.1, 0.15) is 0 Å². The fraction of sp³-hybridized carbons (Fsp3) is 0.161. The molecule has 0 atom stereocenters. The van der Waals surface area contributed by atoms with E-state index in [1.54, 1.807) is 0 Å². The monoisotopic (exact) mass is 445 g/mol. The second-order valence-corrected chi connectivity index (χ2v) is 9.39. The zero-order valence-electron chi connectivity index (χ0n) is 20.4. The summed E-state index contributed by atoms with van der Waals surface area (Å²) in [5.41, 5.74) is 6.69. The molecule has 0 saturated heterocycles. The Kier molecular flexibility index (Phi) is 6.74. The summed E-state index contributed by atoms with van der Waals surface area (Å²) in [5.74, 6) is 1.56. The van der Waals surface area contributed by atoms with Crippen molar-refractivity contribution in [1.82, 2.24) is 14.8 Å². The van der Waals surface area contributed by atoms with Crippen molar-refractivity contribution in [3.63, 3.8) is 0 Å². The molecule has 4 aromatic rings. The lowest BCUT2D eigenvalue weighted by Crippen LogP contribution is -2.06. The Morgan fingerprint density at radius 3 is 1.88 bits per heavy atom. The van der Waals surface area contributed by atoms with Crippen molar-refractivity contribution in [3.8, 4) is 28.2 Å². The second-order valence-electron chi connectivity index (χ2n) is 9.39. The van der Waals surface area contributed by atoms with Crippen LogP contribution in [0.5, 0.6) is 0 Å². The van der Waals surface area contributed by atoms with Crippen molar-refractivity contribution in [2.45, 2.75) is 27.7 Å². The molecule has 0 aliphatic carbocycles. The first-order valence-corrected chi connectivity index (χ1v) is 11.6. The Balaban J connectivity index is 1.82. The third-order valence-corrected chi connectivity index (χ3v) is 6.10. The Labute approximate surface area is 202 Å². The van der Waals surface area contributed by atoms with Crippen molar-refractivity contribution in [3.05, 3.63) is 121 Å². The van der Waals surface area contributed by atoms with Crippen LogP contribution in [-0.4, -0.2) is 14.8 Å². The van der Waals surface area contributed by atoms with E-state index in [4.69, 9.17) is 0 Å². The molecule has 1 heterocycles. The van der Waals surface area contributed by atoms with Gasteiger partial charge < -0.3 is 0 Å². The highest BCUT2D eigenvalue weighted by Gasteiger charge is 2.18. The molecule has 0 aliphatic heterocycles. The van der Waals surface area contributed by atoms with E-state index in [1.165, 1.54) is 16.7 Å². The second kappa shape index (κ2) is 9.88. The van der Waals surface area contributed by atoms with Crippen molar-refractivity contribution >= 4 is 5.57 Å². The van der Waals surface area contributed by atoms with Gasteiger partial charge in [0.2, 0.25) is 0 Å². The maximum Gasteiger partial charge on any atom is 0.168 e. The van der Waals surface area contributed by atoms with Gasteiger partial charge in [-0.25, -0.2) is 0 Å². The number of hydrogen-bond acceptors (Lipinski definition) is 2. The average molecular weight is 446 g/mol. The average Bonchev–Trinajstić information content (AvgIpc) is 3.30. The van der Waals surface area contributed by atoms with Gasteiger partial charge in [0.25, 0.3) is 0 Å². The summed E-state index contributed by atoms with van der Waals surface area (Å²) in [5, 5.41) is 9.22. The van der Waals surface area contributed by atoms with Gasteiger partial charge >= 0.3 is 0 Å². The first-order valence-electron chi connectivity index (χ1n) is 11.6. The molecule has 0 amide bonds. The summed E-state index contributed by atoms with van der Waals surface area (Å²) < 4.78 is 2.10. The SMILES string of the molecule is C=C/C(=C\C=C(/C)C(C)(C)C)c1nnc(-c2ccc(-c3ccccc3)cc2)n1-c1ccccc1. The molecule has 0 radical (unpaired) electrons. The Hall–Kier alpha value is -3.98. The van der Waals surface area contributed by atoms with Crippen LogP contribution < -0.4 is 0 Å². The van der Waals surface area contributed by atoms with Crippen molar-refractivity contribution in [2.24, 2.45) is 5.41 Å². The van der Waals surface area contributed by atoms with E-state index in [0.29, 0.717) is 0 Å².